The molecule has 1 N–H and O–H groups in total. The maximum Gasteiger partial charge on any atom is 0.124 e. The van der Waals surface area contributed by atoms with Gasteiger partial charge in [0.05, 0.1) is 6.61 Å². The molecule has 3 aromatic carbocycles. The Morgan fingerprint density at radius 3 is 2.54 bits per heavy atom. The van der Waals surface area contributed by atoms with E-state index in [0.29, 0.717) is 19.8 Å². The quantitative estimate of drug-likeness (QED) is 0.601. The lowest BCUT2D eigenvalue weighted by atomic mass is 10.1. The van der Waals surface area contributed by atoms with Crippen molar-refractivity contribution < 1.29 is 9.47 Å². The van der Waals surface area contributed by atoms with Gasteiger partial charge in [-0.2, -0.15) is 0 Å². The minimum Gasteiger partial charge on any atom is -0.491 e. The highest BCUT2D eigenvalue weighted by Gasteiger charge is 2.05. The third-order valence-corrected chi connectivity index (χ3v) is 3.92. The summed E-state index contributed by atoms with van der Waals surface area (Å²) in [4.78, 5) is 0. The monoisotopic (exact) mass is 321 g/mol. The maximum atomic E-state index is 5.85. The smallest absolute Gasteiger partial charge is 0.124 e. The topological polar surface area (TPSA) is 30.5 Å². The summed E-state index contributed by atoms with van der Waals surface area (Å²) in [5.41, 5.74) is 2.28. The molecule has 24 heavy (non-hydrogen) atoms. The first-order valence-corrected chi connectivity index (χ1v) is 8.38. The van der Waals surface area contributed by atoms with Crippen molar-refractivity contribution in [3.05, 3.63) is 72.3 Å². The van der Waals surface area contributed by atoms with Crippen LogP contribution in [0.4, 0.5) is 5.69 Å². The lowest BCUT2D eigenvalue weighted by molar-refractivity contribution is 0.110. The highest BCUT2D eigenvalue weighted by Crippen LogP contribution is 2.25. The minimum atomic E-state index is 0.569. The molecule has 0 amide bonds. The van der Waals surface area contributed by atoms with Gasteiger partial charge in [-0.3, -0.25) is 0 Å². The van der Waals surface area contributed by atoms with Crippen LogP contribution in [0.5, 0.6) is 5.75 Å². The van der Waals surface area contributed by atoms with E-state index in [4.69, 9.17) is 9.47 Å². The zero-order chi connectivity index (χ0) is 16.6. The van der Waals surface area contributed by atoms with E-state index >= 15 is 0 Å². The van der Waals surface area contributed by atoms with E-state index < -0.39 is 0 Å². The predicted octanol–water partition coefficient (Wildman–Crippen LogP) is 4.87. The first-order chi connectivity index (χ1) is 11.9. The molecule has 0 bridgehead atoms. The van der Waals surface area contributed by atoms with Gasteiger partial charge >= 0.3 is 0 Å². The van der Waals surface area contributed by atoms with Crippen LogP contribution in [0, 0.1) is 0 Å². The first-order valence-electron chi connectivity index (χ1n) is 8.38. The molecule has 0 radical (unpaired) electrons. The molecule has 3 nitrogen and oxygen atoms in total. The van der Waals surface area contributed by atoms with E-state index in [9.17, 15) is 0 Å². The SMILES string of the molecule is CCOCCOc1ccccc1CNc1cccc2ccccc12. The van der Waals surface area contributed by atoms with Crippen LogP contribution < -0.4 is 10.1 Å². The van der Waals surface area contributed by atoms with Crippen molar-refractivity contribution in [1.82, 2.24) is 0 Å². The Morgan fingerprint density at radius 1 is 0.833 bits per heavy atom. The average molecular weight is 321 g/mol. The fourth-order valence-electron chi connectivity index (χ4n) is 2.72. The van der Waals surface area contributed by atoms with E-state index in [1.807, 2.05) is 25.1 Å². The Labute approximate surface area is 143 Å². The number of benzene rings is 3. The van der Waals surface area contributed by atoms with Gasteiger partial charge in [0.2, 0.25) is 0 Å². The molecule has 3 aromatic rings. The van der Waals surface area contributed by atoms with Crippen LogP contribution in [-0.2, 0) is 11.3 Å². The van der Waals surface area contributed by atoms with E-state index in [0.717, 1.165) is 23.5 Å². The van der Waals surface area contributed by atoms with E-state index in [1.165, 1.54) is 10.8 Å². The van der Waals surface area contributed by atoms with Gasteiger partial charge in [0, 0.05) is 29.8 Å². The Kier molecular flexibility index (Phi) is 5.70. The van der Waals surface area contributed by atoms with Crippen molar-refractivity contribution in [3.63, 3.8) is 0 Å². The molecule has 0 saturated heterocycles. The Bertz CT molecular complexity index is 780. The molecule has 0 spiro atoms. The molecule has 124 valence electrons. The zero-order valence-electron chi connectivity index (χ0n) is 14.0. The molecule has 0 aromatic heterocycles. The van der Waals surface area contributed by atoms with Crippen LogP contribution in [0.1, 0.15) is 12.5 Å². The molecule has 3 rings (SSSR count). The fourth-order valence-corrected chi connectivity index (χ4v) is 2.72. The standard InChI is InChI=1S/C21H23NO2/c1-2-23-14-15-24-21-13-6-4-9-18(21)16-22-20-12-7-10-17-8-3-5-11-19(17)20/h3-13,22H,2,14-16H2,1H3. The number of hydrogen-bond acceptors (Lipinski definition) is 3. The molecule has 0 atom stereocenters. The molecule has 0 aliphatic carbocycles. The summed E-state index contributed by atoms with van der Waals surface area (Å²) in [5.74, 6) is 0.907. The summed E-state index contributed by atoms with van der Waals surface area (Å²) < 4.78 is 11.2. The van der Waals surface area contributed by atoms with Crippen LogP contribution in [-0.4, -0.2) is 19.8 Å². The molecule has 3 heteroatoms. The summed E-state index contributed by atoms with van der Waals surface area (Å²) in [6.45, 7) is 4.61. The minimum absolute atomic E-state index is 0.569. The van der Waals surface area contributed by atoms with Crippen molar-refractivity contribution in [3.8, 4) is 5.75 Å². The van der Waals surface area contributed by atoms with Gasteiger partial charge < -0.3 is 14.8 Å². The van der Waals surface area contributed by atoms with Crippen LogP contribution in [0.2, 0.25) is 0 Å². The van der Waals surface area contributed by atoms with Gasteiger partial charge in [0.25, 0.3) is 0 Å². The number of ether oxygens (including phenoxy) is 2. The molecule has 0 fully saturated rings. The van der Waals surface area contributed by atoms with Crippen LogP contribution in [0.15, 0.2) is 66.7 Å². The van der Waals surface area contributed by atoms with E-state index in [1.54, 1.807) is 0 Å². The molecular weight excluding hydrogens is 298 g/mol. The number of fused-ring (bicyclic) bond motifs is 1. The molecule has 0 aliphatic rings. The van der Waals surface area contributed by atoms with Crippen molar-refractivity contribution >= 4 is 16.5 Å². The Hall–Kier alpha value is -2.52. The summed E-state index contributed by atoms with van der Waals surface area (Å²) >= 11 is 0. The van der Waals surface area contributed by atoms with Crippen molar-refractivity contribution in [1.29, 1.82) is 0 Å². The summed E-state index contributed by atoms with van der Waals surface area (Å²) in [7, 11) is 0. The lowest BCUT2D eigenvalue weighted by Crippen LogP contribution is -2.09. The van der Waals surface area contributed by atoms with Gasteiger partial charge in [-0.1, -0.05) is 54.6 Å². The summed E-state index contributed by atoms with van der Waals surface area (Å²) in [5, 5.41) is 6.01. The van der Waals surface area contributed by atoms with Crippen molar-refractivity contribution in [2.24, 2.45) is 0 Å². The molecule has 0 saturated carbocycles. The second kappa shape index (κ2) is 8.37. The van der Waals surface area contributed by atoms with Gasteiger partial charge in [0.1, 0.15) is 12.4 Å². The molecular formula is C21H23NO2. The number of nitrogens with one attached hydrogen (secondary N) is 1. The second-order valence-corrected chi connectivity index (χ2v) is 5.53. The van der Waals surface area contributed by atoms with Gasteiger partial charge in [-0.15, -0.1) is 0 Å². The number of para-hydroxylation sites is 1. The molecule has 0 heterocycles. The van der Waals surface area contributed by atoms with Crippen LogP contribution in [0.3, 0.4) is 0 Å². The number of anilines is 1. The van der Waals surface area contributed by atoms with Gasteiger partial charge in [-0.25, -0.2) is 0 Å². The second-order valence-electron chi connectivity index (χ2n) is 5.53. The van der Waals surface area contributed by atoms with Gasteiger partial charge in [0.15, 0.2) is 0 Å². The first kappa shape index (κ1) is 16.3. The van der Waals surface area contributed by atoms with E-state index in [-0.39, 0.29) is 0 Å². The molecule has 0 aliphatic heterocycles. The van der Waals surface area contributed by atoms with E-state index in [2.05, 4.69) is 53.8 Å². The average Bonchev–Trinajstić information content (AvgIpc) is 2.64. The highest BCUT2D eigenvalue weighted by molar-refractivity contribution is 5.93. The normalized spacial score (nSPS) is 10.7. The number of rotatable bonds is 8. The fraction of sp³-hybridized carbons (Fsp3) is 0.238. The molecule has 0 unspecified atom stereocenters. The van der Waals surface area contributed by atoms with Crippen LogP contribution in [0.25, 0.3) is 10.8 Å². The third kappa shape index (κ3) is 4.06. The van der Waals surface area contributed by atoms with Crippen molar-refractivity contribution in [2.45, 2.75) is 13.5 Å². The zero-order valence-corrected chi connectivity index (χ0v) is 14.0. The van der Waals surface area contributed by atoms with Gasteiger partial charge in [-0.05, 0) is 24.4 Å². The maximum absolute atomic E-state index is 5.85. The van der Waals surface area contributed by atoms with Crippen molar-refractivity contribution in [2.75, 3.05) is 25.1 Å². The Morgan fingerprint density at radius 2 is 1.62 bits per heavy atom. The summed E-state index contributed by atoms with van der Waals surface area (Å²) in [6.07, 6.45) is 0. The third-order valence-electron chi connectivity index (χ3n) is 3.92. The van der Waals surface area contributed by atoms with Crippen LogP contribution >= 0.6 is 0 Å². The predicted molar refractivity (Wildman–Crippen MR) is 99.7 cm³/mol. The summed E-state index contributed by atoms with van der Waals surface area (Å²) in [6, 6.07) is 22.9. The largest absolute Gasteiger partial charge is 0.491 e. The Balaban J connectivity index is 1.70. The highest BCUT2D eigenvalue weighted by atomic mass is 16.5. The lowest BCUT2D eigenvalue weighted by Gasteiger charge is -2.14. The number of hydrogen-bond donors (Lipinski definition) is 1.